The van der Waals surface area contributed by atoms with Gasteiger partial charge in [0, 0.05) is 0 Å². The molecule has 1 atom stereocenters. The van der Waals surface area contributed by atoms with Gasteiger partial charge in [0.1, 0.15) is 0 Å². The van der Waals surface area contributed by atoms with Crippen molar-refractivity contribution in [1.82, 2.24) is 0 Å². The van der Waals surface area contributed by atoms with Crippen LogP contribution in [0.5, 0.6) is 0 Å². The van der Waals surface area contributed by atoms with E-state index < -0.39 is 5.41 Å². The topological polar surface area (TPSA) is 43.4 Å². The maximum atomic E-state index is 11.2. The third kappa shape index (κ3) is 0.713. The van der Waals surface area contributed by atoms with Crippen LogP contribution in [0.15, 0.2) is 0 Å². The summed E-state index contributed by atoms with van der Waals surface area (Å²) >= 11 is 0. The third-order valence-electron chi connectivity index (χ3n) is 3.21. The average Bonchev–Trinajstić information content (AvgIpc) is 2.05. The Balaban J connectivity index is 2.27. The molecule has 1 heterocycles. The molecule has 66 valence electrons. The summed E-state index contributed by atoms with van der Waals surface area (Å²) in [5, 5.41) is 0. The fourth-order valence-electron chi connectivity index (χ4n) is 2.26. The van der Waals surface area contributed by atoms with E-state index in [0.29, 0.717) is 6.42 Å². The van der Waals surface area contributed by atoms with Crippen molar-refractivity contribution in [2.24, 2.45) is 11.3 Å². The monoisotopic (exact) mass is 168 g/mol. The van der Waals surface area contributed by atoms with Gasteiger partial charge >= 0.3 is 11.9 Å². The van der Waals surface area contributed by atoms with E-state index in [-0.39, 0.29) is 17.9 Å². The van der Waals surface area contributed by atoms with Crippen molar-refractivity contribution in [2.45, 2.75) is 32.6 Å². The molecular formula is C9H12O3. The van der Waals surface area contributed by atoms with Crippen LogP contribution in [0.3, 0.4) is 0 Å². The Morgan fingerprint density at radius 2 is 2.00 bits per heavy atom. The van der Waals surface area contributed by atoms with Gasteiger partial charge in [0.2, 0.25) is 0 Å². The van der Waals surface area contributed by atoms with Crippen LogP contribution in [0.1, 0.15) is 32.6 Å². The van der Waals surface area contributed by atoms with Gasteiger partial charge in [-0.2, -0.15) is 0 Å². The van der Waals surface area contributed by atoms with Gasteiger partial charge in [0.15, 0.2) is 5.41 Å². The Hall–Kier alpha value is -0.860. The molecule has 2 fully saturated rings. The summed E-state index contributed by atoms with van der Waals surface area (Å²) in [7, 11) is 0. The smallest absolute Gasteiger partial charge is 0.331 e. The van der Waals surface area contributed by atoms with Crippen LogP contribution in [-0.2, 0) is 14.3 Å². The molecule has 3 nitrogen and oxygen atoms in total. The molecule has 1 saturated heterocycles. The standard InChI is InChI=1S/C9H12O3/c1-6-4-2-3-5-9(6)7(10)12-8(9)11/h6H,2-5H2,1H3. The zero-order valence-electron chi connectivity index (χ0n) is 7.13. The molecule has 1 aliphatic heterocycles. The Morgan fingerprint density at radius 3 is 2.42 bits per heavy atom. The summed E-state index contributed by atoms with van der Waals surface area (Å²) in [6, 6.07) is 0. The van der Waals surface area contributed by atoms with Gasteiger partial charge in [-0.15, -0.1) is 0 Å². The van der Waals surface area contributed by atoms with Crippen molar-refractivity contribution in [2.75, 3.05) is 0 Å². The van der Waals surface area contributed by atoms with Crippen LogP contribution in [0, 0.1) is 11.3 Å². The highest BCUT2D eigenvalue weighted by atomic mass is 16.6. The molecule has 1 unspecified atom stereocenters. The number of carbonyl (C=O) groups excluding carboxylic acids is 2. The van der Waals surface area contributed by atoms with Gasteiger partial charge in [0.05, 0.1) is 0 Å². The Morgan fingerprint density at radius 1 is 1.33 bits per heavy atom. The molecule has 1 aliphatic carbocycles. The minimum absolute atomic E-state index is 0.181. The van der Waals surface area contributed by atoms with E-state index in [0.717, 1.165) is 19.3 Å². The lowest BCUT2D eigenvalue weighted by molar-refractivity contribution is -0.204. The second kappa shape index (κ2) is 2.31. The second-order valence-electron chi connectivity index (χ2n) is 3.80. The zero-order chi connectivity index (χ0) is 8.77. The fourth-order valence-corrected chi connectivity index (χ4v) is 2.26. The first kappa shape index (κ1) is 7.77. The predicted molar refractivity (Wildman–Crippen MR) is 41.2 cm³/mol. The molecule has 2 rings (SSSR count). The Bertz CT molecular complexity index is 230. The number of hydrogen-bond donors (Lipinski definition) is 0. The van der Waals surface area contributed by atoms with E-state index in [4.69, 9.17) is 0 Å². The first-order chi connectivity index (χ1) is 5.68. The molecular weight excluding hydrogens is 156 g/mol. The first-order valence-electron chi connectivity index (χ1n) is 4.44. The van der Waals surface area contributed by atoms with Gasteiger partial charge in [-0.3, -0.25) is 9.59 Å². The Kier molecular flexibility index (Phi) is 1.50. The number of hydrogen-bond acceptors (Lipinski definition) is 3. The molecule has 12 heavy (non-hydrogen) atoms. The van der Waals surface area contributed by atoms with Crippen molar-refractivity contribution in [1.29, 1.82) is 0 Å². The lowest BCUT2D eigenvalue weighted by Crippen LogP contribution is -2.58. The highest BCUT2D eigenvalue weighted by molar-refractivity contribution is 6.14. The number of carbonyl (C=O) groups is 2. The van der Waals surface area contributed by atoms with Crippen molar-refractivity contribution in [3.05, 3.63) is 0 Å². The van der Waals surface area contributed by atoms with Gasteiger partial charge in [-0.05, 0) is 18.8 Å². The van der Waals surface area contributed by atoms with Crippen molar-refractivity contribution in [3.8, 4) is 0 Å². The highest BCUT2D eigenvalue weighted by Gasteiger charge is 2.62. The Labute approximate surface area is 71.1 Å². The van der Waals surface area contributed by atoms with E-state index in [1.165, 1.54) is 0 Å². The van der Waals surface area contributed by atoms with Gasteiger partial charge in [-0.1, -0.05) is 19.8 Å². The minimum Gasteiger partial charge on any atom is -0.391 e. The normalized spacial score (nSPS) is 32.9. The summed E-state index contributed by atoms with van der Waals surface area (Å²) in [4.78, 5) is 22.4. The summed E-state index contributed by atoms with van der Waals surface area (Å²) < 4.78 is 4.42. The van der Waals surface area contributed by atoms with E-state index in [2.05, 4.69) is 4.74 Å². The molecule has 0 N–H and O–H groups in total. The molecule has 0 aromatic heterocycles. The lowest BCUT2D eigenvalue weighted by Gasteiger charge is -2.43. The van der Waals surface area contributed by atoms with Crippen LogP contribution >= 0.6 is 0 Å². The van der Waals surface area contributed by atoms with Gasteiger partial charge in [-0.25, -0.2) is 0 Å². The lowest BCUT2D eigenvalue weighted by atomic mass is 9.64. The molecule has 0 radical (unpaired) electrons. The third-order valence-corrected chi connectivity index (χ3v) is 3.21. The van der Waals surface area contributed by atoms with E-state index in [9.17, 15) is 9.59 Å². The molecule has 2 aliphatic rings. The summed E-state index contributed by atoms with van der Waals surface area (Å²) in [5.41, 5.74) is -0.724. The van der Waals surface area contributed by atoms with E-state index in [1.807, 2.05) is 6.92 Å². The number of ether oxygens (including phenoxy) is 1. The average molecular weight is 168 g/mol. The van der Waals surface area contributed by atoms with Crippen LogP contribution in [-0.4, -0.2) is 11.9 Å². The van der Waals surface area contributed by atoms with Crippen molar-refractivity contribution in [3.63, 3.8) is 0 Å². The molecule has 0 bridgehead atoms. The maximum absolute atomic E-state index is 11.2. The van der Waals surface area contributed by atoms with E-state index >= 15 is 0 Å². The SMILES string of the molecule is CC1CCCCC12C(=O)OC2=O. The van der Waals surface area contributed by atoms with Gasteiger partial charge < -0.3 is 4.74 Å². The predicted octanol–water partition coefficient (Wildman–Crippen LogP) is 1.27. The first-order valence-corrected chi connectivity index (χ1v) is 4.44. The maximum Gasteiger partial charge on any atom is 0.331 e. The van der Waals surface area contributed by atoms with Crippen molar-refractivity contribution < 1.29 is 14.3 Å². The van der Waals surface area contributed by atoms with Crippen LogP contribution in [0.25, 0.3) is 0 Å². The van der Waals surface area contributed by atoms with E-state index in [1.54, 1.807) is 0 Å². The molecule has 0 amide bonds. The fraction of sp³-hybridized carbons (Fsp3) is 0.778. The summed E-state index contributed by atoms with van der Waals surface area (Å²) in [6.45, 7) is 1.97. The molecule has 0 aromatic rings. The quantitative estimate of drug-likeness (QED) is 0.404. The summed E-state index contributed by atoms with van der Waals surface area (Å²) in [5.74, 6) is -0.403. The second-order valence-corrected chi connectivity index (χ2v) is 3.80. The molecule has 3 heteroatoms. The molecule has 1 spiro atoms. The minimum atomic E-state index is -0.724. The van der Waals surface area contributed by atoms with Crippen LogP contribution in [0.2, 0.25) is 0 Å². The van der Waals surface area contributed by atoms with Crippen LogP contribution in [0.4, 0.5) is 0 Å². The van der Waals surface area contributed by atoms with Crippen molar-refractivity contribution >= 4 is 11.9 Å². The number of esters is 2. The number of cyclic esters (lactones) is 2. The zero-order valence-corrected chi connectivity index (χ0v) is 7.13. The van der Waals surface area contributed by atoms with Gasteiger partial charge in [0.25, 0.3) is 0 Å². The number of rotatable bonds is 0. The molecule has 0 aromatic carbocycles. The van der Waals surface area contributed by atoms with Crippen LogP contribution < -0.4 is 0 Å². The summed E-state index contributed by atoms with van der Waals surface area (Å²) in [6.07, 6.45) is 3.78. The largest absolute Gasteiger partial charge is 0.391 e. The highest BCUT2D eigenvalue weighted by Crippen LogP contribution is 2.48. The molecule has 1 saturated carbocycles.